The van der Waals surface area contributed by atoms with Crippen LogP contribution in [0.1, 0.15) is 66.3 Å². The van der Waals surface area contributed by atoms with Gasteiger partial charge in [-0.2, -0.15) is 0 Å². The molecule has 1 N–H and O–H groups in total. The summed E-state index contributed by atoms with van der Waals surface area (Å²) in [6.07, 6.45) is 0.831. The molecule has 0 saturated heterocycles. The van der Waals surface area contributed by atoms with E-state index in [1.54, 1.807) is 35.2 Å². The average Bonchev–Trinajstić information content (AvgIpc) is 3.08. The van der Waals surface area contributed by atoms with E-state index < -0.39 is 6.04 Å². The number of benzene rings is 2. The van der Waals surface area contributed by atoms with Crippen molar-refractivity contribution in [1.82, 2.24) is 15.1 Å². The first-order chi connectivity index (χ1) is 16.7. The Kier molecular flexibility index (Phi) is 9.04. The first kappa shape index (κ1) is 26.4. The molecule has 1 heterocycles. The highest BCUT2D eigenvalue weighted by molar-refractivity contribution is 6.31. The molecule has 0 aliphatic carbocycles. The molecule has 186 valence electrons. The molecule has 3 rings (SSSR count). The maximum absolute atomic E-state index is 13.4. The second-order valence-electron chi connectivity index (χ2n) is 9.09. The molecule has 1 unspecified atom stereocenters. The van der Waals surface area contributed by atoms with Gasteiger partial charge in [-0.3, -0.25) is 24.1 Å². The smallest absolute Gasteiger partial charge is 0.261 e. The lowest BCUT2D eigenvalue weighted by molar-refractivity contribution is -0.141. The van der Waals surface area contributed by atoms with E-state index in [0.29, 0.717) is 35.5 Å². The Morgan fingerprint density at radius 3 is 2.17 bits per heavy atom. The van der Waals surface area contributed by atoms with E-state index in [2.05, 4.69) is 5.32 Å². The van der Waals surface area contributed by atoms with E-state index in [1.165, 1.54) is 4.90 Å². The molecule has 7 nitrogen and oxygen atoms in total. The minimum Gasteiger partial charge on any atom is -0.354 e. The van der Waals surface area contributed by atoms with Crippen molar-refractivity contribution < 1.29 is 19.2 Å². The van der Waals surface area contributed by atoms with Gasteiger partial charge < -0.3 is 10.2 Å². The number of carbonyl (C=O) groups is 4. The van der Waals surface area contributed by atoms with E-state index in [-0.39, 0.29) is 49.1 Å². The van der Waals surface area contributed by atoms with Crippen LogP contribution in [0.25, 0.3) is 0 Å². The van der Waals surface area contributed by atoms with Crippen LogP contribution in [0.3, 0.4) is 0 Å². The zero-order valence-electron chi connectivity index (χ0n) is 20.4. The molecule has 1 aliphatic heterocycles. The van der Waals surface area contributed by atoms with Gasteiger partial charge in [-0.1, -0.05) is 62.7 Å². The van der Waals surface area contributed by atoms with E-state index in [9.17, 15) is 19.2 Å². The number of fused-ring (bicyclic) bond motifs is 1. The van der Waals surface area contributed by atoms with E-state index in [0.717, 1.165) is 5.56 Å². The van der Waals surface area contributed by atoms with Crippen molar-refractivity contribution in [2.75, 3.05) is 13.1 Å². The van der Waals surface area contributed by atoms with Crippen LogP contribution in [0, 0.1) is 5.92 Å². The highest BCUT2D eigenvalue weighted by Crippen LogP contribution is 2.24. The van der Waals surface area contributed by atoms with Gasteiger partial charge in [0.15, 0.2) is 0 Å². The molecule has 2 aromatic rings. The van der Waals surface area contributed by atoms with Gasteiger partial charge in [0.1, 0.15) is 6.04 Å². The minimum absolute atomic E-state index is 0.0891. The Morgan fingerprint density at radius 1 is 1.00 bits per heavy atom. The first-order valence-electron chi connectivity index (χ1n) is 12.0. The van der Waals surface area contributed by atoms with Gasteiger partial charge in [-0.25, -0.2) is 0 Å². The molecule has 4 amide bonds. The van der Waals surface area contributed by atoms with Crippen molar-refractivity contribution >= 4 is 35.2 Å². The van der Waals surface area contributed by atoms with Crippen molar-refractivity contribution in [2.24, 2.45) is 5.92 Å². The number of rotatable bonds is 11. The van der Waals surface area contributed by atoms with Crippen LogP contribution in [0.5, 0.6) is 0 Å². The summed E-state index contributed by atoms with van der Waals surface area (Å²) >= 11 is 6.35. The lowest BCUT2D eigenvalue weighted by Gasteiger charge is -2.31. The molecular weight excluding hydrogens is 466 g/mol. The molecule has 1 atom stereocenters. The topological polar surface area (TPSA) is 86.8 Å². The standard InChI is InChI=1S/C27H32ClN3O4/c1-4-23(25(33)29-16-18(2)3)31(17-19-10-5-8-13-22(19)28)24(32)14-9-15-30-26(34)20-11-6-7-12-21(20)27(30)35/h5-8,10-13,18,23H,4,9,14-17H2,1-3H3,(H,29,33). The quantitative estimate of drug-likeness (QED) is 0.469. The Bertz CT molecular complexity index is 1070. The van der Waals surface area contributed by atoms with Crippen LogP contribution in [0.2, 0.25) is 5.02 Å². The van der Waals surface area contributed by atoms with Crippen LogP contribution in [0.4, 0.5) is 0 Å². The van der Waals surface area contributed by atoms with Gasteiger partial charge in [-0.15, -0.1) is 0 Å². The molecule has 2 aromatic carbocycles. The SMILES string of the molecule is CCC(C(=O)NCC(C)C)N(Cc1ccccc1Cl)C(=O)CCCN1C(=O)c2ccccc2C1=O. The minimum atomic E-state index is -0.656. The molecule has 35 heavy (non-hydrogen) atoms. The van der Waals surface area contributed by atoms with Crippen molar-refractivity contribution in [3.63, 3.8) is 0 Å². The average molecular weight is 498 g/mol. The lowest BCUT2D eigenvalue weighted by atomic mass is 10.1. The fourth-order valence-electron chi connectivity index (χ4n) is 4.13. The number of amides is 4. The van der Waals surface area contributed by atoms with Crippen LogP contribution < -0.4 is 5.32 Å². The largest absolute Gasteiger partial charge is 0.354 e. The number of nitrogens with zero attached hydrogens (tertiary/aromatic N) is 2. The lowest BCUT2D eigenvalue weighted by Crippen LogP contribution is -2.49. The number of halogens is 1. The van der Waals surface area contributed by atoms with Crippen molar-refractivity contribution in [3.8, 4) is 0 Å². The molecule has 0 saturated carbocycles. The Morgan fingerprint density at radius 2 is 1.60 bits per heavy atom. The summed E-state index contributed by atoms with van der Waals surface area (Å²) in [5, 5.41) is 3.45. The maximum Gasteiger partial charge on any atom is 0.261 e. The molecule has 0 radical (unpaired) electrons. The van der Waals surface area contributed by atoms with Gasteiger partial charge in [0.25, 0.3) is 11.8 Å². The fourth-order valence-corrected chi connectivity index (χ4v) is 4.32. The summed E-state index contributed by atoms with van der Waals surface area (Å²) < 4.78 is 0. The van der Waals surface area contributed by atoms with E-state index >= 15 is 0 Å². The van der Waals surface area contributed by atoms with Gasteiger partial charge in [0.05, 0.1) is 11.1 Å². The first-order valence-corrected chi connectivity index (χ1v) is 12.4. The molecule has 0 bridgehead atoms. The maximum atomic E-state index is 13.4. The Labute approximate surface area is 211 Å². The fraction of sp³-hybridized carbons (Fsp3) is 0.407. The molecule has 0 spiro atoms. The number of nitrogens with one attached hydrogen (secondary N) is 1. The van der Waals surface area contributed by atoms with E-state index in [1.807, 2.05) is 39.0 Å². The van der Waals surface area contributed by atoms with Gasteiger partial charge in [0, 0.05) is 31.1 Å². The zero-order chi connectivity index (χ0) is 25.5. The summed E-state index contributed by atoms with van der Waals surface area (Å²) in [4.78, 5) is 54.3. The molecular formula is C27H32ClN3O4. The second-order valence-corrected chi connectivity index (χ2v) is 9.49. The van der Waals surface area contributed by atoms with Crippen LogP contribution in [0.15, 0.2) is 48.5 Å². The Balaban J connectivity index is 1.71. The third kappa shape index (κ3) is 6.28. The molecule has 8 heteroatoms. The van der Waals surface area contributed by atoms with Crippen molar-refractivity contribution in [2.45, 2.75) is 52.6 Å². The summed E-state index contributed by atoms with van der Waals surface area (Å²) in [5.74, 6) is -0.838. The third-order valence-corrected chi connectivity index (χ3v) is 6.39. The molecule has 0 fully saturated rings. The van der Waals surface area contributed by atoms with Crippen LogP contribution >= 0.6 is 11.6 Å². The van der Waals surface area contributed by atoms with Crippen LogP contribution in [-0.4, -0.2) is 52.6 Å². The van der Waals surface area contributed by atoms with Crippen molar-refractivity contribution in [1.29, 1.82) is 0 Å². The number of imide groups is 1. The van der Waals surface area contributed by atoms with Gasteiger partial charge >= 0.3 is 0 Å². The second kappa shape index (κ2) is 12.0. The zero-order valence-corrected chi connectivity index (χ0v) is 21.2. The third-order valence-electron chi connectivity index (χ3n) is 6.02. The van der Waals surface area contributed by atoms with Gasteiger partial charge in [-0.05, 0) is 42.5 Å². The molecule has 0 aromatic heterocycles. The summed E-state index contributed by atoms with van der Waals surface area (Å²) in [5.41, 5.74) is 1.52. The number of carbonyl (C=O) groups excluding carboxylic acids is 4. The van der Waals surface area contributed by atoms with E-state index in [4.69, 9.17) is 11.6 Å². The predicted octanol–water partition coefficient (Wildman–Crippen LogP) is 4.30. The Hall–Kier alpha value is -3.19. The predicted molar refractivity (Wildman–Crippen MR) is 135 cm³/mol. The normalized spacial score (nSPS) is 13.7. The highest BCUT2D eigenvalue weighted by atomic mass is 35.5. The summed E-state index contributed by atoms with van der Waals surface area (Å²) in [7, 11) is 0. The molecule has 1 aliphatic rings. The number of hydrogen-bond acceptors (Lipinski definition) is 4. The monoisotopic (exact) mass is 497 g/mol. The number of hydrogen-bond donors (Lipinski definition) is 1. The highest BCUT2D eigenvalue weighted by Gasteiger charge is 2.35. The van der Waals surface area contributed by atoms with Crippen molar-refractivity contribution in [3.05, 3.63) is 70.2 Å². The van der Waals surface area contributed by atoms with Gasteiger partial charge in [0.2, 0.25) is 11.8 Å². The summed E-state index contributed by atoms with van der Waals surface area (Å²) in [6.45, 7) is 6.72. The summed E-state index contributed by atoms with van der Waals surface area (Å²) in [6, 6.07) is 13.3. The van der Waals surface area contributed by atoms with Crippen LogP contribution in [-0.2, 0) is 16.1 Å².